The zero-order valence-corrected chi connectivity index (χ0v) is 12.6. The normalized spacial score (nSPS) is 10.8. The second kappa shape index (κ2) is 5.66. The van der Waals surface area contributed by atoms with E-state index in [-0.39, 0.29) is 16.8 Å². The molecule has 0 saturated heterocycles. The molecular weight excluding hydrogens is 304 g/mol. The van der Waals surface area contributed by atoms with Gasteiger partial charge in [0.25, 0.3) is 0 Å². The van der Waals surface area contributed by atoms with Crippen LogP contribution in [0.25, 0.3) is 22.3 Å². The van der Waals surface area contributed by atoms with Crippen LogP contribution in [0.3, 0.4) is 0 Å². The summed E-state index contributed by atoms with van der Waals surface area (Å²) in [5, 5.41) is 0.727. The van der Waals surface area contributed by atoms with Gasteiger partial charge in [-0.2, -0.15) is 0 Å². The minimum Gasteiger partial charge on any atom is -0.464 e. The maximum atomic E-state index is 13.0. The second-order valence-electron chi connectivity index (χ2n) is 5.33. The van der Waals surface area contributed by atoms with Gasteiger partial charge in [0.2, 0.25) is 0 Å². The predicted molar refractivity (Wildman–Crippen MR) is 90.1 cm³/mol. The molecule has 0 aliphatic heterocycles. The minimum absolute atomic E-state index is 0.0427. The number of ketones is 1. The van der Waals surface area contributed by atoms with E-state index in [1.165, 1.54) is 18.6 Å². The second-order valence-corrected chi connectivity index (χ2v) is 5.33. The Morgan fingerprint density at radius 2 is 1.62 bits per heavy atom. The molecule has 0 aliphatic carbocycles. The van der Waals surface area contributed by atoms with Crippen LogP contribution in [0.15, 0.2) is 86.8 Å². The number of carbonyl (C=O) groups excluding carboxylic acids is 1. The van der Waals surface area contributed by atoms with Gasteiger partial charge in [-0.25, -0.2) is 0 Å². The smallest absolute Gasteiger partial charge is 0.197 e. The summed E-state index contributed by atoms with van der Waals surface area (Å²) in [4.78, 5) is 25.7. The minimum atomic E-state index is -0.373. The van der Waals surface area contributed by atoms with Crippen molar-refractivity contribution < 1.29 is 13.6 Å². The third-order valence-corrected chi connectivity index (χ3v) is 3.86. The summed E-state index contributed by atoms with van der Waals surface area (Å²) in [6.07, 6.45) is 3.02. The first-order valence-electron chi connectivity index (χ1n) is 7.44. The molecule has 0 atom stereocenters. The molecule has 2 heterocycles. The fourth-order valence-corrected chi connectivity index (χ4v) is 2.75. The quantitative estimate of drug-likeness (QED) is 0.529. The standard InChI is InChI=1S/C20H12O4/c21-15-9-8-14-10-12-24-20(14)18(16-7-4-11-23-16)17(15)19(22)13-5-2-1-3-6-13/h1-12H. The van der Waals surface area contributed by atoms with Crippen molar-refractivity contribution in [2.45, 2.75) is 0 Å². The van der Waals surface area contributed by atoms with Crippen molar-refractivity contribution in [3.8, 4) is 11.3 Å². The molecule has 0 spiro atoms. The van der Waals surface area contributed by atoms with E-state index >= 15 is 0 Å². The van der Waals surface area contributed by atoms with Crippen LogP contribution in [-0.4, -0.2) is 5.78 Å². The van der Waals surface area contributed by atoms with Crippen LogP contribution in [0.5, 0.6) is 0 Å². The Labute approximate surface area is 137 Å². The van der Waals surface area contributed by atoms with Gasteiger partial charge >= 0.3 is 0 Å². The fraction of sp³-hybridized carbons (Fsp3) is 0. The van der Waals surface area contributed by atoms with Crippen LogP contribution in [-0.2, 0) is 0 Å². The van der Waals surface area contributed by atoms with Crippen LogP contribution >= 0.6 is 0 Å². The van der Waals surface area contributed by atoms with Crippen LogP contribution in [0.2, 0.25) is 0 Å². The maximum absolute atomic E-state index is 13.0. The van der Waals surface area contributed by atoms with E-state index in [0.29, 0.717) is 22.5 Å². The van der Waals surface area contributed by atoms with E-state index < -0.39 is 0 Å². The molecule has 0 aliphatic rings. The van der Waals surface area contributed by atoms with E-state index in [0.717, 1.165) is 5.39 Å². The lowest BCUT2D eigenvalue weighted by Gasteiger charge is -2.04. The molecule has 116 valence electrons. The summed E-state index contributed by atoms with van der Waals surface area (Å²) >= 11 is 0. The lowest BCUT2D eigenvalue weighted by atomic mass is 9.98. The number of benzene rings is 1. The van der Waals surface area contributed by atoms with Crippen molar-refractivity contribution in [1.82, 2.24) is 0 Å². The van der Waals surface area contributed by atoms with Crippen molar-refractivity contribution in [2.24, 2.45) is 0 Å². The molecule has 2 aromatic heterocycles. The SMILES string of the molecule is O=C(c1ccccc1)c1c(-c2ccco2)c2occc2ccc1=O. The van der Waals surface area contributed by atoms with Crippen molar-refractivity contribution >= 4 is 16.8 Å². The van der Waals surface area contributed by atoms with Gasteiger partial charge < -0.3 is 8.83 Å². The first kappa shape index (κ1) is 14.2. The number of rotatable bonds is 3. The van der Waals surface area contributed by atoms with Crippen LogP contribution in [0.1, 0.15) is 15.9 Å². The van der Waals surface area contributed by atoms with Gasteiger partial charge in [0, 0.05) is 10.9 Å². The molecule has 4 heteroatoms. The summed E-state index contributed by atoms with van der Waals surface area (Å²) in [6.45, 7) is 0. The molecule has 0 radical (unpaired) electrons. The lowest BCUT2D eigenvalue weighted by Crippen LogP contribution is -2.14. The van der Waals surface area contributed by atoms with Crippen molar-refractivity contribution in [3.05, 3.63) is 94.5 Å². The molecule has 0 saturated carbocycles. The van der Waals surface area contributed by atoms with Gasteiger partial charge in [0.1, 0.15) is 11.3 Å². The lowest BCUT2D eigenvalue weighted by molar-refractivity contribution is 0.103. The van der Waals surface area contributed by atoms with Crippen LogP contribution in [0, 0.1) is 0 Å². The third-order valence-electron chi connectivity index (χ3n) is 3.86. The highest BCUT2D eigenvalue weighted by Crippen LogP contribution is 2.31. The Kier molecular flexibility index (Phi) is 3.35. The molecule has 0 N–H and O–H groups in total. The number of fused-ring (bicyclic) bond motifs is 1. The Morgan fingerprint density at radius 3 is 2.38 bits per heavy atom. The summed E-state index contributed by atoms with van der Waals surface area (Å²) in [7, 11) is 0. The average molecular weight is 316 g/mol. The number of hydrogen-bond donors (Lipinski definition) is 0. The van der Waals surface area contributed by atoms with E-state index in [1.54, 1.807) is 48.5 Å². The van der Waals surface area contributed by atoms with Gasteiger partial charge in [-0.15, -0.1) is 0 Å². The molecule has 4 rings (SSSR count). The summed E-state index contributed by atoms with van der Waals surface area (Å²) in [6, 6.07) is 16.9. The highest BCUT2D eigenvalue weighted by Gasteiger charge is 2.23. The zero-order chi connectivity index (χ0) is 16.5. The van der Waals surface area contributed by atoms with E-state index in [1.807, 2.05) is 6.07 Å². The zero-order valence-electron chi connectivity index (χ0n) is 12.6. The average Bonchev–Trinajstić information content (AvgIpc) is 3.28. The Morgan fingerprint density at radius 1 is 0.792 bits per heavy atom. The van der Waals surface area contributed by atoms with Gasteiger partial charge in [-0.1, -0.05) is 30.3 Å². The first-order valence-corrected chi connectivity index (χ1v) is 7.44. The molecule has 0 bridgehead atoms. The van der Waals surface area contributed by atoms with E-state index in [2.05, 4.69) is 0 Å². The number of furan rings is 2. The summed E-state index contributed by atoms with van der Waals surface area (Å²) in [5.74, 6) is 0.0587. The summed E-state index contributed by atoms with van der Waals surface area (Å²) in [5.41, 5.74) is 0.936. The molecular formula is C20H12O4. The molecule has 0 amide bonds. The predicted octanol–water partition coefficient (Wildman–Crippen LogP) is 4.28. The Bertz CT molecular complexity index is 1070. The van der Waals surface area contributed by atoms with Gasteiger partial charge in [-0.3, -0.25) is 9.59 Å². The maximum Gasteiger partial charge on any atom is 0.197 e. The molecule has 24 heavy (non-hydrogen) atoms. The molecule has 0 fully saturated rings. The molecule has 2 aromatic carbocycles. The third kappa shape index (κ3) is 2.25. The van der Waals surface area contributed by atoms with Crippen molar-refractivity contribution in [1.29, 1.82) is 0 Å². The van der Waals surface area contributed by atoms with Gasteiger partial charge in [-0.05, 0) is 30.3 Å². The van der Waals surface area contributed by atoms with Gasteiger partial charge in [0.15, 0.2) is 11.2 Å². The molecule has 4 aromatic rings. The topological polar surface area (TPSA) is 60.4 Å². The van der Waals surface area contributed by atoms with E-state index in [9.17, 15) is 9.59 Å². The molecule has 0 unspecified atom stereocenters. The monoisotopic (exact) mass is 316 g/mol. The van der Waals surface area contributed by atoms with E-state index in [4.69, 9.17) is 8.83 Å². The summed E-state index contributed by atoms with van der Waals surface area (Å²) < 4.78 is 11.0. The molecule has 4 nitrogen and oxygen atoms in total. The van der Waals surface area contributed by atoms with Crippen LogP contribution < -0.4 is 5.43 Å². The van der Waals surface area contributed by atoms with Crippen molar-refractivity contribution in [2.75, 3.05) is 0 Å². The fourth-order valence-electron chi connectivity index (χ4n) is 2.75. The number of hydrogen-bond acceptors (Lipinski definition) is 4. The first-order chi connectivity index (χ1) is 11.8. The highest BCUT2D eigenvalue weighted by molar-refractivity contribution is 6.15. The largest absolute Gasteiger partial charge is 0.464 e. The van der Waals surface area contributed by atoms with Crippen LogP contribution in [0.4, 0.5) is 0 Å². The van der Waals surface area contributed by atoms with Crippen molar-refractivity contribution in [3.63, 3.8) is 0 Å². The Hall–Kier alpha value is -3.40. The number of carbonyl (C=O) groups is 1. The Balaban J connectivity index is 2.12. The van der Waals surface area contributed by atoms with Gasteiger partial charge in [0.05, 0.1) is 23.7 Å². The highest BCUT2D eigenvalue weighted by atomic mass is 16.3.